The topological polar surface area (TPSA) is 77.0 Å². The lowest BCUT2D eigenvalue weighted by molar-refractivity contribution is 0.107. The van der Waals surface area contributed by atoms with E-state index >= 15 is 0 Å². The van der Waals surface area contributed by atoms with Gasteiger partial charge in [-0.25, -0.2) is 4.39 Å². The summed E-state index contributed by atoms with van der Waals surface area (Å²) in [6.45, 7) is 5.99. The molecule has 2 bridgehead atoms. The number of piperazine rings is 1. The van der Waals surface area contributed by atoms with Crippen LogP contribution in [0.25, 0.3) is 10.8 Å². The molecule has 2 atom stereocenters. The Labute approximate surface area is 244 Å². The first kappa shape index (κ1) is 25.8. The summed E-state index contributed by atoms with van der Waals surface area (Å²) in [5.41, 5.74) is 2.92. The van der Waals surface area contributed by atoms with Crippen molar-refractivity contribution in [1.82, 2.24) is 20.2 Å². The molecular formula is C31H36ClFN6O2. The van der Waals surface area contributed by atoms with E-state index in [1.165, 1.54) is 44.6 Å². The van der Waals surface area contributed by atoms with Crippen LogP contribution in [0, 0.1) is 5.82 Å². The summed E-state index contributed by atoms with van der Waals surface area (Å²) < 4.78 is 21.0. The first-order valence-electron chi connectivity index (χ1n) is 15.1. The first-order chi connectivity index (χ1) is 20.0. The van der Waals surface area contributed by atoms with E-state index in [2.05, 4.69) is 20.0 Å². The van der Waals surface area contributed by atoms with Crippen LogP contribution in [0.15, 0.2) is 24.3 Å². The van der Waals surface area contributed by atoms with Gasteiger partial charge >= 0.3 is 6.01 Å². The van der Waals surface area contributed by atoms with Crippen LogP contribution in [0.1, 0.15) is 49.8 Å². The number of aromatic hydroxyl groups is 1. The van der Waals surface area contributed by atoms with Crippen LogP contribution in [0.4, 0.5) is 15.9 Å². The lowest BCUT2D eigenvalue weighted by atomic mass is 9.95. The van der Waals surface area contributed by atoms with Crippen LogP contribution in [0.5, 0.6) is 11.8 Å². The van der Waals surface area contributed by atoms with Gasteiger partial charge in [0.05, 0.1) is 28.5 Å². The first-order valence-corrected chi connectivity index (χ1v) is 15.5. The van der Waals surface area contributed by atoms with Gasteiger partial charge in [-0.05, 0) is 75.6 Å². The smallest absolute Gasteiger partial charge is 0.318 e. The molecule has 0 radical (unpaired) electrons. The number of ether oxygens (including phenoxy) is 1. The van der Waals surface area contributed by atoms with Crippen molar-refractivity contribution in [2.24, 2.45) is 0 Å². The van der Waals surface area contributed by atoms with Gasteiger partial charge in [-0.15, -0.1) is 0 Å². The van der Waals surface area contributed by atoms with E-state index in [1.807, 2.05) is 0 Å². The molecule has 3 aromatic rings. The minimum absolute atomic E-state index is 0.0731. The SMILES string of the molecule is Oc1cc(N2CCc3c(nc(OCC45CCCN4CCC5)nc3N3CC4CCC(C3)N4)C2)c2c(Cl)c(F)ccc2c1. The molecule has 5 aliphatic heterocycles. The van der Waals surface area contributed by atoms with Crippen LogP contribution in [-0.4, -0.2) is 76.9 Å². The lowest BCUT2D eigenvalue weighted by Crippen LogP contribution is -2.52. The van der Waals surface area contributed by atoms with Gasteiger partial charge in [-0.2, -0.15) is 9.97 Å². The summed E-state index contributed by atoms with van der Waals surface area (Å²) in [5, 5.41) is 15.7. The zero-order valence-electron chi connectivity index (χ0n) is 23.2. The van der Waals surface area contributed by atoms with Gasteiger partial charge in [-0.1, -0.05) is 17.7 Å². The van der Waals surface area contributed by atoms with E-state index < -0.39 is 5.82 Å². The highest BCUT2D eigenvalue weighted by Gasteiger charge is 2.45. The number of halogens is 2. The van der Waals surface area contributed by atoms with Crippen LogP contribution < -0.4 is 19.9 Å². The van der Waals surface area contributed by atoms with Crippen molar-refractivity contribution in [3.8, 4) is 11.8 Å². The number of nitrogens with zero attached hydrogens (tertiary/aromatic N) is 5. The average molecular weight is 579 g/mol. The minimum atomic E-state index is -0.468. The largest absolute Gasteiger partial charge is 0.508 e. The standard InChI is InChI=1S/C31H36ClFN6O2/c32-28-24(33)6-3-19-13-22(40)14-26(27(19)28)37-12-7-23-25(17-37)35-30(41-18-31-8-1-10-39(31)11-2-9-31)36-29(23)38-15-20-4-5-21(16-38)34-20/h3,6,13-14,20-21,34,40H,1-2,4-5,7-12,15-18H2. The van der Waals surface area contributed by atoms with Gasteiger partial charge in [0.2, 0.25) is 0 Å². The third kappa shape index (κ3) is 4.39. The van der Waals surface area contributed by atoms with Crippen molar-refractivity contribution in [2.45, 2.75) is 69.1 Å². The molecule has 10 heteroatoms. The van der Waals surface area contributed by atoms with Crippen LogP contribution in [0.2, 0.25) is 5.02 Å². The number of hydrogen-bond acceptors (Lipinski definition) is 8. The highest BCUT2D eigenvalue weighted by Crippen LogP contribution is 2.42. The monoisotopic (exact) mass is 578 g/mol. The van der Waals surface area contributed by atoms with E-state index in [-0.39, 0.29) is 16.3 Å². The summed E-state index contributed by atoms with van der Waals surface area (Å²) in [6, 6.07) is 7.75. The van der Waals surface area contributed by atoms with Gasteiger partial charge < -0.3 is 25.0 Å². The Morgan fingerprint density at radius 2 is 1.83 bits per heavy atom. The lowest BCUT2D eigenvalue weighted by Gasteiger charge is -2.38. The second-order valence-electron chi connectivity index (χ2n) is 12.6. The molecule has 1 aromatic heterocycles. The Kier molecular flexibility index (Phi) is 6.20. The third-order valence-electron chi connectivity index (χ3n) is 10.1. The molecule has 0 spiro atoms. The molecule has 4 fully saturated rings. The second kappa shape index (κ2) is 9.85. The van der Waals surface area contributed by atoms with Crippen molar-refractivity contribution in [3.05, 3.63) is 46.4 Å². The second-order valence-corrected chi connectivity index (χ2v) is 13.0. The summed E-state index contributed by atoms with van der Waals surface area (Å²) in [6.07, 6.45) is 7.92. The molecule has 216 valence electrons. The van der Waals surface area contributed by atoms with Gasteiger partial charge in [0, 0.05) is 48.7 Å². The van der Waals surface area contributed by atoms with Crippen molar-refractivity contribution >= 4 is 33.9 Å². The molecule has 4 saturated heterocycles. The molecule has 5 aliphatic rings. The highest BCUT2D eigenvalue weighted by atomic mass is 35.5. The van der Waals surface area contributed by atoms with Gasteiger partial charge in [0.15, 0.2) is 0 Å². The molecule has 8 nitrogen and oxygen atoms in total. The number of nitrogens with one attached hydrogen (secondary N) is 1. The Balaban J connectivity index is 1.16. The maximum Gasteiger partial charge on any atom is 0.318 e. The molecule has 8 rings (SSSR count). The van der Waals surface area contributed by atoms with E-state index in [1.54, 1.807) is 18.2 Å². The maximum absolute atomic E-state index is 14.6. The molecule has 0 saturated carbocycles. The maximum atomic E-state index is 14.6. The van der Waals surface area contributed by atoms with Gasteiger partial charge in [0.1, 0.15) is 24.0 Å². The molecule has 2 unspecified atom stereocenters. The molecule has 0 amide bonds. The normalized spacial score (nSPS) is 25.1. The molecular weight excluding hydrogens is 543 g/mol. The Morgan fingerprint density at radius 3 is 2.61 bits per heavy atom. The van der Waals surface area contributed by atoms with E-state index in [4.69, 9.17) is 26.3 Å². The molecule has 0 aliphatic carbocycles. The summed E-state index contributed by atoms with van der Waals surface area (Å²) >= 11 is 6.49. The average Bonchev–Trinajstić information content (AvgIpc) is 3.66. The Hall–Kier alpha value is -2.88. The predicted octanol–water partition coefficient (Wildman–Crippen LogP) is 4.64. The number of phenolic OH excluding ortho intramolecular Hbond substituents is 1. The summed E-state index contributed by atoms with van der Waals surface area (Å²) in [5.74, 6) is 0.658. The summed E-state index contributed by atoms with van der Waals surface area (Å²) in [7, 11) is 0. The number of benzene rings is 2. The van der Waals surface area contributed by atoms with Crippen LogP contribution in [0.3, 0.4) is 0 Å². The van der Waals surface area contributed by atoms with Crippen molar-refractivity contribution < 1.29 is 14.2 Å². The third-order valence-corrected chi connectivity index (χ3v) is 10.5. The highest BCUT2D eigenvalue weighted by molar-refractivity contribution is 6.36. The fourth-order valence-corrected chi connectivity index (χ4v) is 8.43. The quantitative estimate of drug-likeness (QED) is 0.454. The van der Waals surface area contributed by atoms with Crippen molar-refractivity contribution in [1.29, 1.82) is 0 Å². The zero-order valence-corrected chi connectivity index (χ0v) is 24.0. The minimum Gasteiger partial charge on any atom is -0.508 e. The van der Waals surface area contributed by atoms with Gasteiger partial charge in [-0.3, -0.25) is 4.90 Å². The van der Waals surface area contributed by atoms with Crippen molar-refractivity contribution in [3.63, 3.8) is 0 Å². The van der Waals surface area contributed by atoms with E-state index in [9.17, 15) is 9.50 Å². The van der Waals surface area contributed by atoms with E-state index in [0.717, 1.165) is 49.7 Å². The fourth-order valence-electron chi connectivity index (χ4n) is 8.16. The Bertz CT molecular complexity index is 1500. The zero-order chi connectivity index (χ0) is 27.7. The fraction of sp³-hybridized carbons (Fsp3) is 0.548. The number of aromatic nitrogens is 2. The molecule has 2 aromatic carbocycles. The molecule has 2 N–H and O–H groups in total. The Morgan fingerprint density at radius 1 is 1.05 bits per heavy atom. The molecule has 41 heavy (non-hydrogen) atoms. The summed E-state index contributed by atoms with van der Waals surface area (Å²) in [4.78, 5) is 17.3. The van der Waals surface area contributed by atoms with Crippen LogP contribution in [-0.2, 0) is 13.0 Å². The molecule has 6 heterocycles. The van der Waals surface area contributed by atoms with Gasteiger partial charge in [0.25, 0.3) is 0 Å². The van der Waals surface area contributed by atoms with E-state index in [0.29, 0.717) is 54.3 Å². The van der Waals surface area contributed by atoms with Crippen molar-refractivity contribution in [2.75, 3.05) is 49.1 Å². The number of hydrogen-bond donors (Lipinski definition) is 2. The predicted molar refractivity (Wildman–Crippen MR) is 158 cm³/mol. The number of anilines is 2. The number of phenols is 1. The number of rotatable bonds is 5. The van der Waals surface area contributed by atoms with Crippen LogP contribution >= 0.6 is 11.6 Å². The number of fused-ring (bicyclic) bond motifs is 5.